The van der Waals surface area contributed by atoms with Gasteiger partial charge in [-0.2, -0.15) is 0 Å². The summed E-state index contributed by atoms with van der Waals surface area (Å²) in [4.78, 5) is 23.6. The number of ether oxygens (including phenoxy) is 2. The number of carbonyl (C=O) groups is 2. The first-order valence-electron chi connectivity index (χ1n) is 8.61. The van der Waals surface area contributed by atoms with Crippen LogP contribution in [0.1, 0.15) is 22.8 Å². The molecule has 0 bridgehead atoms. The fraction of sp³-hybridized carbons (Fsp3) is 0.190. The number of aromatic nitrogens is 1. The highest BCUT2D eigenvalue weighted by atomic mass is 16.5. The minimum absolute atomic E-state index is 0.0858. The zero-order valence-electron chi connectivity index (χ0n) is 15.8. The van der Waals surface area contributed by atoms with Crippen LogP contribution in [0.3, 0.4) is 0 Å². The van der Waals surface area contributed by atoms with Crippen LogP contribution in [-0.2, 0) is 4.79 Å². The van der Waals surface area contributed by atoms with E-state index in [0.717, 1.165) is 11.1 Å². The Hall–Kier alpha value is -3.61. The molecule has 0 aliphatic rings. The maximum Gasteiger partial charge on any atom is 0.264 e. The monoisotopic (exact) mass is 380 g/mol. The van der Waals surface area contributed by atoms with Crippen molar-refractivity contribution in [1.29, 1.82) is 0 Å². The van der Waals surface area contributed by atoms with E-state index in [1.165, 1.54) is 14.0 Å². The van der Waals surface area contributed by atoms with Crippen molar-refractivity contribution in [2.24, 2.45) is 0 Å². The molecule has 1 amide bonds. The van der Waals surface area contributed by atoms with Gasteiger partial charge in [0.25, 0.3) is 5.91 Å². The number of rotatable bonds is 7. The first kappa shape index (κ1) is 19.2. The van der Waals surface area contributed by atoms with Crippen LogP contribution in [0, 0.1) is 6.92 Å². The molecule has 1 heterocycles. The van der Waals surface area contributed by atoms with Crippen LogP contribution >= 0.6 is 0 Å². The third kappa shape index (κ3) is 4.56. The Kier molecular flexibility index (Phi) is 5.74. The van der Waals surface area contributed by atoms with Gasteiger partial charge in [0, 0.05) is 17.2 Å². The lowest BCUT2D eigenvalue weighted by atomic mass is 10.1. The molecule has 0 saturated carbocycles. The minimum atomic E-state index is -0.413. The summed E-state index contributed by atoms with van der Waals surface area (Å²) in [5.41, 5.74) is 3.16. The number of benzene rings is 2. The summed E-state index contributed by atoms with van der Waals surface area (Å²) in [6, 6.07) is 14.2. The van der Waals surface area contributed by atoms with Crippen molar-refractivity contribution >= 4 is 17.6 Å². The van der Waals surface area contributed by atoms with Crippen LogP contribution in [0.2, 0.25) is 0 Å². The molecule has 3 rings (SSSR count). The second-order valence-electron chi connectivity index (χ2n) is 6.20. The molecule has 0 saturated heterocycles. The molecule has 3 aromatic rings. The molecule has 0 atom stereocenters. The van der Waals surface area contributed by atoms with Gasteiger partial charge < -0.3 is 14.0 Å². The number of nitrogens with one attached hydrogen (secondary N) is 1. The van der Waals surface area contributed by atoms with Crippen molar-refractivity contribution in [2.75, 3.05) is 19.0 Å². The molecule has 1 aromatic heterocycles. The van der Waals surface area contributed by atoms with Crippen molar-refractivity contribution in [3.63, 3.8) is 0 Å². The lowest BCUT2D eigenvalue weighted by Crippen LogP contribution is -2.20. The number of methoxy groups -OCH3 is 1. The molecule has 0 aliphatic carbocycles. The van der Waals surface area contributed by atoms with Crippen molar-refractivity contribution in [3.05, 3.63) is 59.7 Å². The second-order valence-corrected chi connectivity index (χ2v) is 6.20. The molecule has 0 aliphatic heterocycles. The molecule has 0 fully saturated rings. The summed E-state index contributed by atoms with van der Waals surface area (Å²) in [5, 5.41) is 6.55. The number of aryl methyl sites for hydroxylation is 1. The Morgan fingerprint density at radius 2 is 1.82 bits per heavy atom. The Morgan fingerprint density at radius 3 is 2.50 bits per heavy atom. The number of carbonyl (C=O) groups excluding carboxylic acids is 2. The first-order chi connectivity index (χ1) is 13.5. The van der Waals surface area contributed by atoms with Gasteiger partial charge in [0.2, 0.25) is 5.88 Å². The maximum absolute atomic E-state index is 12.1. The van der Waals surface area contributed by atoms with Gasteiger partial charge >= 0.3 is 0 Å². The topological polar surface area (TPSA) is 90.7 Å². The van der Waals surface area contributed by atoms with Crippen molar-refractivity contribution in [2.45, 2.75) is 13.8 Å². The highest BCUT2D eigenvalue weighted by molar-refractivity contribution is 5.95. The van der Waals surface area contributed by atoms with E-state index in [0.29, 0.717) is 22.8 Å². The quantitative estimate of drug-likeness (QED) is 0.626. The Balaban J connectivity index is 1.61. The predicted octanol–water partition coefficient (Wildman–Crippen LogP) is 3.88. The fourth-order valence-electron chi connectivity index (χ4n) is 2.52. The molecule has 1 N–H and O–H groups in total. The summed E-state index contributed by atoms with van der Waals surface area (Å²) in [6.45, 7) is 3.21. The van der Waals surface area contributed by atoms with E-state index >= 15 is 0 Å². The number of ketones is 1. The molecule has 7 heteroatoms. The lowest BCUT2D eigenvalue weighted by molar-refractivity contribution is -0.118. The van der Waals surface area contributed by atoms with E-state index in [4.69, 9.17) is 14.0 Å². The average Bonchev–Trinajstić information content (AvgIpc) is 3.15. The van der Waals surface area contributed by atoms with Gasteiger partial charge in [0.05, 0.1) is 7.11 Å². The van der Waals surface area contributed by atoms with Gasteiger partial charge in [0.15, 0.2) is 23.9 Å². The van der Waals surface area contributed by atoms with Crippen LogP contribution in [0.5, 0.6) is 11.5 Å². The SMILES string of the molecule is COc1cc(C(C)=O)ccc1OCC(=O)Nc1cc(-c2ccc(C)cc2)no1. The maximum atomic E-state index is 12.1. The van der Waals surface area contributed by atoms with Gasteiger partial charge in [-0.05, 0) is 32.0 Å². The highest BCUT2D eigenvalue weighted by Crippen LogP contribution is 2.28. The number of hydrogen-bond donors (Lipinski definition) is 1. The molecule has 0 unspecified atom stereocenters. The van der Waals surface area contributed by atoms with Gasteiger partial charge in [-0.25, -0.2) is 0 Å². The number of nitrogens with zero attached hydrogens (tertiary/aromatic N) is 1. The largest absolute Gasteiger partial charge is 0.493 e. The summed E-state index contributed by atoms with van der Waals surface area (Å²) in [6.07, 6.45) is 0. The summed E-state index contributed by atoms with van der Waals surface area (Å²) >= 11 is 0. The van der Waals surface area contributed by atoms with Gasteiger partial charge in [-0.3, -0.25) is 14.9 Å². The Bertz CT molecular complexity index is 992. The van der Waals surface area contributed by atoms with Crippen LogP contribution < -0.4 is 14.8 Å². The fourth-order valence-corrected chi connectivity index (χ4v) is 2.52. The number of Topliss-reactive ketones (excluding diaryl/α,β-unsaturated/α-hetero) is 1. The molecule has 0 radical (unpaired) electrons. The zero-order chi connectivity index (χ0) is 20.1. The van der Waals surface area contributed by atoms with Gasteiger partial charge in [-0.15, -0.1) is 0 Å². The van der Waals surface area contributed by atoms with E-state index in [1.807, 2.05) is 31.2 Å². The standard InChI is InChI=1S/C21H20N2O5/c1-13-4-6-15(7-5-13)17-11-21(28-23-17)22-20(25)12-27-18-9-8-16(14(2)24)10-19(18)26-3/h4-11H,12H2,1-3H3,(H,22,25). The van der Waals surface area contributed by atoms with E-state index in [1.54, 1.807) is 24.3 Å². The Morgan fingerprint density at radius 1 is 1.07 bits per heavy atom. The highest BCUT2D eigenvalue weighted by Gasteiger charge is 2.13. The molecular formula is C21H20N2O5. The van der Waals surface area contributed by atoms with Crippen molar-refractivity contribution in [1.82, 2.24) is 5.16 Å². The predicted molar refractivity (Wildman–Crippen MR) is 104 cm³/mol. The Labute approximate surface area is 162 Å². The smallest absolute Gasteiger partial charge is 0.264 e. The molecule has 144 valence electrons. The average molecular weight is 380 g/mol. The van der Waals surface area contributed by atoms with E-state index in [2.05, 4.69) is 10.5 Å². The number of hydrogen-bond acceptors (Lipinski definition) is 6. The molecule has 7 nitrogen and oxygen atoms in total. The van der Waals surface area contributed by atoms with Crippen molar-refractivity contribution < 1.29 is 23.6 Å². The van der Waals surface area contributed by atoms with E-state index in [9.17, 15) is 9.59 Å². The first-order valence-corrected chi connectivity index (χ1v) is 8.61. The van der Waals surface area contributed by atoms with E-state index in [-0.39, 0.29) is 18.3 Å². The summed E-state index contributed by atoms with van der Waals surface area (Å²) in [7, 11) is 1.47. The third-order valence-electron chi connectivity index (χ3n) is 4.05. The van der Waals surface area contributed by atoms with Crippen molar-refractivity contribution in [3.8, 4) is 22.8 Å². The lowest BCUT2D eigenvalue weighted by Gasteiger charge is -2.11. The third-order valence-corrected chi connectivity index (χ3v) is 4.05. The number of amides is 1. The summed E-state index contributed by atoms with van der Waals surface area (Å²) in [5.74, 6) is 0.465. The molecule has 0 spiro atoms. The second kappa shape index (κ2) is 8.39. The van der Waals surface area contributed by atoms with Crippen LogP contribution in [0.25, 0.3) is 11.3 Å². The normalized spacial score (nSPS) is 10.4. The number of anilines is 1. The van der Waals surface area contributed by atoms with Crippen LogP contribution in [-0.4, -0.2) is 30.6 Å². The minimum Gasteiger partial charge on any atom is -0.493 e. The van der Waals surface area contributed by atoms with Gasteiger partial charge in [0.1, 0.15) is 5.69 Å². The zero-order valence-corrected chi connectivity index (χ0v) is 15.8. The molecule has 28 heavy (non-hydrogen) atoms. The van der Waals surface area contributed by atoms with Gasteiger partial charge in [-0.1, -0.05) is 35.0 Å². The van der Waals surface area contributed by atoms with Crippen LogP contribution in [0.4, 0.5) is 5.88 Å². The molecule has 2 aromatic carbocycles. The summed E-state index contributed by atoms with van der Waals surface area (Å²) < 4.78 is 15.9. The van der Waals surface area contributed by atoms with Crippen LogP contribution in [0.15, 0.2) is 53.1 Å². The molecular weight excluding hydrogens is 360 g/mol. The van der Waals surface area contributed by atoms with E-state index < -0.39 is 5.91 Å².